The van der Waals surface area contributed by atoms with Crippen LogP contribution in [0.5, 0.6) is 5.75 Å². The van der Waals surface area contributed by atoms with Crippen LogP contribution in [0.4, 0.5) is 0 Å². The van der Waals surface area contributed by atoms with Crippen LogP contribution in [-0.4, -0.2) is 36.4 Å². The predicted octanol–water partition coefficient (Wildman–Crippen LogP) is 2.44. The summed E-state index contributed by atoms with van der Waals surface area (Å²) in [6.45, 7) is 7.12. The van der Waals surface area contributed by atoms with Crippen LogP contribution < -0.4 is 10.1 Å². The van der Waals surface area contributed by atoms with E-state index in [0.717, 1.165) is 37.9 Å². The molecule has 2 amide bonds. The second-order valence-corrected chi connectivity index (χ2v) is 5.59. The molecule has 5 nitrogen and oxygen atoms in total. The Labute approximate surface area is 137 Å². The van der Waals surface area contributed by atoms with Crippen LogP contribution in [0.3, 0.4) is 0 Å². The fourth-order valence-electron chi connectivity index (χ4n) is 2.73. The molecule has 2 rings (SSSR count). The van der Waals surface area contributed by atoms with Crippen molar-refractivity contribution in [2.75, 3.05) is 19.7 Å². The number of ether oxygens (including phenoxy) is 1. The van der Waals surface area contributed by atoms with Gasteiger partial charge in [0.05, 0.1) is 6.04 Å². The molecule has 0 bridgehead atoms. The fourth-order valence-corrected chi connectivity index (χ4v) is 2.73. The van der Waals surface area contributed by atoms with E-state index in [-0.39, 0.29) is 24.5 Å². The molecule has 0 aliphatic carbocycles. The van der Waals surface area contributed by atoms with E-state index in [4.69, 9.17) is 4.74 Å². The van der Waals surface area contributed by atoms with Gasteiger partial charge in [-0.25, -0.2) is 0 Å². The molecule has 0 aromatic heterocycles. The third-order valence-corrected chi connectivity index (χ3v) is 4.01. The second-order valence-electron chi connectivity index (χ2n) is 5.59. The Balaban J connectivity index is 2.05. The maximum atomic E-state index is 12.1. The lowest BCUT2D eigenvalue weighted by atomic mass is 10.0. The molecule has 23 heavy (non-hydrogen) atoms. The molecule has 1 aliphatic rings. The molecule has 0 unspecified atom stereocenters. The maximum Gasteiger partial charge on any atom is 0.260 e. The van der Waals surface area contributed by atoms with E-state index in [2.05, 4.69) is 11.9 Å². The summed E-state index contributed by atoms with van der Waals surface area (Å²) in [4.78, 5) is 25.5. The van der Waals surface area contributed by atoms with Gasteiger partial charge in [0, 0.05) is 18.7 Å². The average molecular weight is 316 g/mol. The summed E-state index contributed by atoms with van der Waals surface area (Å²) in [6, 6.07) is 7.33. The first-order valence-electron chi connectivity index (χ1n) is 8.08. The number of likely N-dealkylation sites (tertiary alicyclic amines) is 1. The number of carbonyl (C=O) groups excluding carboxylic acids is 2. The molecule has 1 saturated heterocycles. The first-order valence-corrected chi connectivity index (χ1v) is 8.08. The van der Waals surface area contributed by atoms with E-state index in [1.54, 1.807) is 0 Å². The molecule has 0 spiro atoms. The van der Waals surface area contributed by atoms with E-state index in [1.807, 2.05) is 36.1 Å². The first kappa shape index (κ1) is 17.1. The molecule has 124 valence electrons. The molecule has 5 heteroatoms. The molecule has 1 aromatic rings. The van der Waals surface area contributed by atoms with Crippen molar-refractivity contribution in [3.8, 4) is 5.75 Å². The third kappa shape index (κ3) is 4.58. The lowest BCUT2D eigenvalue weighted by Crippen LogP contribution is -2.32. The smallest absolute Gasteiger partial charge is 0.260 e. The van der Waals surface area contributed by atoms with Crippen LogP contribution in [0.1, 0.15) is 37.8 Å². The lowest BCUT2D eigenvalue weighted by molar-refractivity contribution is -0.132. The molecular formula is C18H24N2O3. The van der Waals surface area contributed by atoms with E-state index in [9.17, 15) is 9.59 Å². The number of rotatable bonds is 7. The van der Waals surface area contributed by atoms with Crippen LogP contribution in [0.15, 0.2) is 36.9 Å². The number of amides is 2. The number of nitrogens with one attached hydrogen (secondary N) is 1. The number of hydrogen-bond acceptors (Lipinski definition) is 3. The highest BCUT2D eigenvalue weighted by Crippen LogP contribution is 2.27. The monoisotopic (exact) mass is 316 g/mol. The SMILES string of the molecule is C=CC(=O)N[C@@H](CC)c1ccccc1OCC(=O)N1CCCC1. The average Bonchev–Trinajstić information content (AvgIpc) is 3.12. The fraction of sp³-hybridized carbons (Fsp3) is 0.444. The van der Waals surface area contributed by atoms with E-state index < -0.39 is 0 Å². The molecule has 1 atom stereocenters. The van der Waals surface area contributed by atoms with Crippen LogP contribution in [0.2, 0.25) is 0 Å². The number of carbonyl (C=O) groups is 2. The van der Waals surface area contributed by atoms with Gasteiger partial charge in [-0.2, -0.15) is 0 Å². The highest BCUT2D eigenvalue weighted by molar-refractivity contribution is 5.87. The zero-order valence-corrected chi connectivity index (χ0v) is 13.6. The number of para-hydroxylation sites is 1. The molecule has 1 N–H and O–H groups in total. The van der Waals surface area contributed by atoms with Gasteiger partial charge < -0.3 is 15.0 Å². The zero-order valence-electron chi connectivity index (χ0n) is 13.6. The Bertz CT molecular complexity index is 565. The first-order chi connectivity index (χ1) is 11.2. The minimum atomic E-state index is -0.222. The Morgan fingerprint density at radius 2 is 2.04 bits per heavy atom. The van der Waals surface area contributed by atoms with Gasteiger partial charge in [-0.15, -0.1) is 0 Å². The Hall–Kier alpha value is -2.30. The normalized spacial score (nSPS) is 15.1. The largest absolute Gasteiger partial charge is 0.483 e. The van der Waals surface area contributed by atoms with Gasteiger partial charge in [-0.3, -0.25) is 9.59 Å². The van der Waals surface area contributed by atoms with Gasteiger partial charge >= 0.3 is 0 Å². The molecule has 1 heterocycles. The number of nitrogens with zero attached hydrogens (tertiary/aromatic N) is 1. The Morgan fingerprint density at radius 1 is 1.35 bits per heavy atom. The lowest BCUT2D eigenvalue weighted by Gasteiger charge is -2.21. The summed E-state index contributed by atoms with van der Waals surface area (Å²) in [5, 5.41) is 2.88. The van der Waals surface area contributed by atoms with Crippen molar-refractivity contribution in [1.29, 1.82) is 0 Å². The topological polar surface area (TPSA) is 58.6 Å². The molecule has 1 aliphatic heterocycles. The highest BCUT2D eigenvalue weighted by atomic mass is 16.5. The molecule has 0 saturated carbocycles. The van der Waals surface area contributed by atoms with Crippen molar-refractivity contribution >= 4 is 11.8 Å². The van der Waals surface area contributed by atoms with E-state index in [0.29, 0.717) is 5.75 Å². The van der Waals surface area contributed by atoms with Gasteiger partial charge in [-0.05, 0) is 31.4 Å². The van der Waals surface area contributed by atoms with Gasteiger partial charge in [0.1, 0.15) is 5.75 Å². The standard InChI is InChI=1S/C18H24N2O3/c1-3-15(19-17(21)4-2)14-9-5-6-10-16(14)23-13-18(22)20-11-7-8-12-20/h4-6,9-10,15H,2-3,7-8,11-13H2,1H3,(H,19,21)/t15-/m0/s1. The maximum absolute atomic E-state index is 12.1. The summed E-state index contributed by atoms with van der Waals surface area (Å²) in [5.41, 5.74) is 0.874. The quantitative estimate of drug-likeness (QED) is 0.786. The molecular weight excluding hydrogens is 292 g/mol. The third-order valence-electron chi connectivity index (χ3n) is 4.01. The number of benzene rings is 1. The van der Waals surface area contributed by atoms with Crippen molar-refractivity contribution in [2.45, 2.75) is 32.2 Å². The van der Waals surface area contributed by atoms with E-state index >= 15 is 0 Å². The summed E-state index contributed by atoms with van der Waals surface area (Å²) in [7, 11) is 0. The van der Waals surface area contributed by atoms with Gasteiger partial charge in [-0.1, -0.05) is 31.7 Å². The van der Waals surface area contributed by atoms with Gasteiger partial charge in [0.25, 0.3) is 5.91 Å². The van der Waals surface area contributed by atoms with Gasteiger partial charge in [0.2, 0.25) is 5.91 Å². The van der Waals surface area contributed by atoms with Crippen molar-refractivity contribution in [2.24, 2.45) is 0 Å². The van der Waals surface area contributed by atoms with Crippen LogP contribution in [-0.2, 0) is 9.59 Å². The van der Waals surface area contributed by atoms with Crippen LogP contribution in [0.25, 0.3) is 0 Å². The Morgan fingerprint density at radius 3 is 2.70 bits per heavy atom. The minimum absolute atomic E-state index is 0.0143. The van der Waals surface area contributed by atoms with Crippen LogP contribution in [0, 0.1) is 0 Å². The molecule has 0 radical (unpaired) electrons. The van der Waals surface area contributed by atoms with Crippen molar-refractivity contribution < 1.29 is 14.3 Å². The molecule has 1 fully saturated rings. The second kappa shape index (κ2) is 8.36. The summed E-state index contributed by atoms with van der Waals surface area (Å²) >= 11 is 0. The predicted molar refractivity (Wildman–Crippen MR) is 89.1 cm³/mol. The number of hydrogen-bond donors (Lipinski definition) is 1. The minimum Gasteiger partial charge on any atom is -0.483 e. The zero-order chi connectivity index (χ0) is 16.7. The van der Waals surface area contributed by atoms with Gasteiger partial charge in [0.15, 0.2) is 6.61 Å². The van der Waals surface area contributed by atoms with Crippen LogP contribution >= 0.6 is 0 Å². The highest BCUT2D eigenvalue weighted by Gasteiger charge is 2.20. The summed E-state index contributed by atoms with van der Waals surface area (Å²) in [6.07, 6.45) is 4.10. The summed E-state index contributed by atoms with van der Waals surface area (Å²) in [5.74, 6) is 0.427. The van der Waals surface area contributed by atoms with E-state index in [1.165, 1.54) is 6.08 Å². The molecule has 1 aromatic carbocycles. The Kier molecular flexibility index (Phi) is 6.20. The van der Waals surface area contributed by atoms with Crippen molar-refractivity contribution in [1.82, 2.24) is 10.2 Å². The van der Waals surface area contributed by atoms with Crippen molar-refractivity contribution in [3.63, 3.8) is 0 Å². The summed E-state index contributed by atoms with van der Waals surface area (Å²) < 4.78 is 5.74. The van der Waals surface area contributed by atoms with Crippen molar-refractivity contribution in [3.05, 3.63) is 42.5 Å².